The molecular formula is C35H37ClFN7O4. The topological polar surface area (TPSA) is 139 Å². The molecule has 0 spiro atoms. The summed E-state index contributed by atoms with van der Waals surface area (Å²) in [7, 11) is 3.06. The first-order valence-corrected chi connectivity index (χ1v) is 16.2. The van der Waals surface area contributed by atoms with E-state index in [4.69, 9.17) is 26.1 Å². The zero-order chi connectivity index (χ0) is 33.6. The number of amides is 2. The number of aromatic nitrogens is 3. The van der Waals surface area contributed by atoms with E-state index >= 15 is 4.39 Å². The second-order valence-corrected chi connectivity index (χ2v) is 12.2. The van der Waals surface area contributed by atoms with E-state index in [1.54, 1.807) is 31.4 Å². The van der Waals surface area contributed by atoms with Crippen LogP contribution < -0.4 is 30.7 Å². The van der Waals surface area contributed by atoms with Crippen molar-refractivity contribution >= 4 is 23.4 Å². The van der Waals surface area contributed by atoms with Crippen LogP contribution in [0.1, 0.15) is 36.9 Å². The minimum Gasteiger partial charge on any atom is -0.481 e. The first-order valence-electron chi connectivity index (χ1n) is 15.9. The van der Waals surface area contributed by atoms with Crippen molar-refractivity contribution in [1.82, 2.24) is 36.2 Å². The summed E-state index contributed by atoms with van der Waals surface area (Å²) >= 11 is 6.95. The molecule has 2 aromatic heterocycles. The van der Waals surface area contributed by atoms with Crippen molar-refractivity contribution in [3.05, 3.63) is 76.8 Å². The smallest absolute Gasteiger partial charge is 0.237 e. The Hall–Kier alpha value is -4.65. The summed E-state index contributed by atoms with van der Waals surface area (Å²) in [6.45, 7) is 2.14. The summed E-state index contributed by atoms with van der Waals surface area (Å²) < 4.78 is 27.3. The molecule has 0 saturated carbocycles. The van der Waals surface area contributed by atoms with E-state index in [1.807, 2.05) is 24.3 Å². The van der Waals surface area contributed by atoms with Crippen LogP contribution in [-0.4, -0.2) is 66.2 Å². The van der Waals surface area contributed by atoms with E-state index in [9.17, 15) is 9.59 Å². The maximum Gasteiger partial charge on any atom is 0.237 e. The summed E-state index contributed by atoms with van der Waals surface area (Å²) in [5.74, 6) is 0.369. The van der Waals surface area contributed by atoms with Gasteiger partial charge >= 0.3 is 0 Å². The van der Waals surface area contributed by atoms with Crippen molar-refractivity contribution in [3.8, 4) is 45.4 Å². The Morgan fingerprint density at radius 2 is 1.40 bits per heavy atom. The fourth-order valence-electron chi connectivity index (χ4n) is 6.02. The molecule has 6 rings (SSSR count). The lowest BCUT2D eigenvalue weighted by Crippen LogP contribution is -2.35. The minimum absolute atomic E-state index is 0.0596. The average molecular weight is 674 g/mol. The number of benzene rings is 2. The van der Waals surface area contributed by atoms with Gasteiger partial charge in [0.25, 0.3) is 0 Å². The third-order valence-electron chi connectivity index (χ3n) is 8.54. The Morgan fingerprint density at radius 1 is 0.792 bits per heavy atom. The lowest BCUT2D eigenvalue weighted by Gasteiger charge is -2.15. The predicted octanol–water partition coefficient (Wildman–Crippen LogP) is 4.42. The number of nitrogens with zero attached hydrogens (tertiary/aromatic N) is 3. The van der Waals surface area contributed by atoms with Gasteiger partial charge in [0.05, 0.1) is 36.8 Å². The van der Waals surface area contributed by atoms with E-state index in [-0.39, 0.29) is 35.3 Å². The molecule has 48 heavy (non-hydrogen) atoms. The lowest BCUT2D eigenvalue weighted by atomic mass is 9.97. The van der Waals surface area contributed by atoms with E-state index in [0.29, 0.717) is 83.7 Å². The molecule has 2 aliphatic rings. The van der Waals surface area contributed by atoms with Crippen LogP contribution in [0, 0.1) is 5.82 Å². The highest BCUT2D eigenvalue weighted by atomic mass is 35.5. The molecular weight excluding hydrogens is 637 g/mol. The van der Waals surface area contributed by atoms with Crippen molar-refractivity contribution in [2.75, 3.05) is 27.3 Å². The van der Waals surface area contributed by atoms with Gasteiger partial charge in [0, 0.05) is 78.9 Å². The number of methoxy groups -OCH3 is 2. The minimum atomic E-state index is -0.499. The Bertz CT molecular complexity index is 1690. The van der Waals surface area contributed by atoms with Gasteiger partial charge in [0.15, 0.2) is 0 Å². The first kappa shape index (κ1) is 33.3. The molecule has 4 heterocycles. The Balaban J connectivity index is 1.20. The molecule has 13 heteroatoms. The van der Waals surface area contributed by atoms with E-state index < -0.39 is 5.82 Å². The van der Waals surface area contributed by atoms with Gasteiger partial charge in [-0.2, -0.15) is 0 Å². The number of rotatable bonds is 13. The standard InChI is InChI=1S/C35H37ClFN7O4/c1-47-34-20(15-38-16-21-10-13-30(45)41-21)9-12-27(43-34)25-7-3-5-23(32(25)36)24-6-4-8-26(33(24)37)28-19-40-29(35(44-28)48-2)18-39-17-22-11-14-31(46)42-22/h3-9,12,19,21-22,38-39H,10-11,13-18H2,1-2H3,(H,41,45)(H,42,46)/t21-,22-/m0/s1. The zero-order valence-corrected chi connectivity index (χ0v) is 27.5. The Kier molecular flexibility index (Phi) is 10.4. The van der Waals surface area contributed by atoms with E-state index in [0.717, 1.165) is 18.4 Å². The number of hydrogen-bond acceptors (Lipinski definition) is 9. The molecule has 0 bridgehead atoms. The normalized spacial score (nSPS) is 17.3. The molecule has 2 atom stereocenters. The van der Waals surface area contributed by atoms with Crippen LogP contribution in [0.5, 0.6) is 11.8 Å². The molecule has 4 N–H and O–H groups in total. The molecule has 2 aromatic carbocycles. The van der Waals surface area contributed by atoms with Gasteiger partial charge in [-0.25, -0.2) is 14.4 Å². The van der Waals surface area contributed by atoms with Crippen LogP contribution in [-0.2, 0) is 22.7 Å². The summed E-state index contributed by atoms with van der Waals surface area (Å²) in [4.78, 5) is 36.7. The van der Waals surface area contributed by atoms with Crippen LogP contribution in [0.2, 0.25) is 5.02 Å². The number of halogens is 2. The van der Waals surface area contributed by atoms with Crippen LogP contribution >= 0.6 is 11.6 Å². The van der Waals surface area contributed by atoms with Crippen molar-refractivity contribution in [2.45, 2.75) is 50.9 Å². The third kappa shape index (κ3) is 7.40. The van der Waals surface area contributed by atoms with Gasteiger partial charge in [-0.3, -0.25) is 14.6 Å². The van der Waals surface area contributed by atoms with E-state index in [2.05, 4.69) is 31.2 Å². The average Bonchev–Trinajstić information content (AvgIpc) is 3.72. The predicted molar refractivity (Wildman–Crippen MR) is 180 cm³/mol. The fourth-order valence-corrected chi connectivity index (χ4v) is 6.35. The number of nitrogens with one attached hydrogen (secondary N) is 4. The highest BCUT2D eigenvalue weighted by molar-refractivity contribution is 6.36. The Morgan fingerprint density at radius 3 is 2.04 bits per heavy atom. The molecule has 4 aromatic rings. The van der Waals surface area contributed by atoms with Gasteiger partial charge in [-0.15, -0.1) is 0 Å². The van der Waals surface area contributed by atoms with Crippen LogP contribution in [0.15, 0.2) is 54.7 Å². The van der Waals surface area contributed by atoms with Gasteiger partial charge in [-0.1, -0.05) is 48.0 Å². The zero-order valence-electron chi connectivity index (χ0n) is 26.7. The SMILES string of the molecule is COc1nc(-c2cccc(-c3cccc(-c4cnc(CNC[C@@H]5CCC(=O)N5)c(OC)n4)c3F)c2Cl)ccc1CNC[C@@H]1CCC(=O)N1. The molecule has 2 saturated heterocycles. The van der Waals surface area contributed by atoms with Crippen LogP contribution in [0.4, 0.5) is 4.39 Å². The monoisotopic (exact) mass is 673 g/mol. The summed E-state index contributed by atoms with van der Waals surface area (Å²) in [6.07, 6.45) is 4.21. The summed E-state index contributed by atoms with van der Waals surface area (Å²) in [6, 6.07) is 14.4. The number of pyridine rings is 1. The van der Waals surface area contributed by atoms with Crippen molar-refractivity contribution in [3.63, 3.8) is 0 Å². The maximum atomic E-state index is 16.2. The second kappa shape index (κ2) is 15.1. The largest absolute Gasteiger partial charge is 0.481 e. The van der Waals surface area contributed by atoms with Gasteiger partial charge < -0.3 is 30.7 Å². The van der Waals surface area contributed by atoms with Crippen LogP contribution in [0.25, 0.3) is 33.6 Å². The van der Waals surface area contributed by atoms with Crippen molar-refractivity contribution < 1.29 is 23.5 Å². The molecule has 0 radical (unpaired) electrons. The Labute approximate surface area is 283 Å². The second-order valence-electron chi connectivity index (χ2n) is 11.8. The van der Waals surface area contributed by atoms with Gasteiger partial charge in [-0.05, 0) is 25.0 Å². The highest BCUT2D eigenvalue weighted by Crippen LogP contribution is 2.39. The fraction of sp³-hybridized carbons (Fsp3) is 0.343. The molecule has 0 aliphatic carbocycles. The molecule has 2 fully saturated rings. The number of hydrogen-bond donors (Lipinski definition) is 4. The molecule has 2 amide bonds. The molecule has 11 nitrogen and oxygen atoms in total. The number of ether oxygens (including phenoxy) is 2. The third-order valence-corrected chi connectivity index (χ3v) is 8.94. The summed E-state index contributed by atoms with van der Waals surface area (Å²) in [5, 5.41) is 12.9. The number of carbonyl (C=O) groups is 2. The maximum absolute atomic E-state index is 16.2. The molecule has 250 valence electrons. The van der Waals surface area contributed by atoms with Crippen molar-refractivity contribution in [2.24, 2.45) is 0 Å². The first-order chi connectivity index (χ1) is 23.3. The molecule has 2 aliphatic heterocycles. The van der Waals surface area contributed by atoms with E-state index in [1.165, 1.54) is 13.3 Å². The van der Waals surface area contributed by atoms with Gasteiger partial charge in [0.2, 0.25) is 23.6 Å². The quantitative estimate of drug-likeness (QED) is 0.162. The summed E-state index contributed by atoms with van der Waals surface area (Å²) in [5.41, 5.74) is 4.01. The number of carbonyl (C=O) groups excluding carboxylic acids is 2. The highest BCUT2D eigenvalue weighted by Gasteiger charge is 2.23. The van der Waals surface area contributed by atoms with Crippen molar-refractivity contribution in [1.29, 1.82) is 0 Å². The lowest BCUT2D eigenvalue weighted by molar-refractivity contribution is -0.120. The van der Waals surface area contributed by atoms with Gasteiger partial charge in [0.1, 0.15) is 11.5 Å². The molecule has 0 unspecified atom stereocenters. The van der Waals surface area contributed by atoms with Crippen LogP contribution in [0.3, 0.4) is 0 Å².